The summed E-state index contributed by atoms with van der Waals surface area (Å²) >= 11 is 7.14. The Kier molecular flexibility index (Phi) is 4.43. The lowest BCUT2D eigenvalue weighted by atomic mass is 10.6. The summed E-state index contributed by atoms with van der Waals surface area (Å²) in [4.78, 5) is 4.43. The summed E-state index contributed by atoms with van der Waals surface area (Å²) in [5, 5.41) is 19.3. The average Bonchev–Trinajstić information content (AvgIpc) is 2.87. The lowest BCUT2D eigenvalue weighted by molar-refractivity contribution is 0.217. The van der Waals surface area contributed by atoms with Gasteiger partial charge in [-0.15, -0.1) is 11.3 Å². The Balaban J connectivity index is 2.53. The van der Waals surface area contributed by atoms with Gasteiger partial charge < -0.3 is 10.2 Å². The van der Waals surface area contributed by atoms with Crippen molar-refractivity contribution >= 4 is 37.9 Å². The number of aromatic nitrogens is 2. The van der Waals surface area contributed by atoms with E-state index in [-0.39, 0.29) is 36.5 Å². The lowest BCUT2D eigenvalue weighted by Crippen LogP contribution is -2.36. The van der Waals surface area contributed by atoms with Gasteiger partial charge in [0, 0.05) is 24.7 Å². The number of sulfonamides is 1. The molecule has 0 aliphatic heterocycles. The highest BCUT2D eigenvalue weighted by Crippen LogP contribution is 2.27. The number of hydrogen-bond acceptors (Lipinski definition) is 6. The maximum atomic E-state index is 12.5. The predicted octanol–water partition coefficient (Wildman–Crippen LogP) is 0.0245. The maximum Gasteiger partial charge on any atom is 0.262 e. The third-order valence-corrected chi connectivity index (χ3v) is 5.52. The molecule has 2 heterocycles. The first-order valence-electron chi connectivity index (χ1n) is 5.35. The van der Waals surface area contributed by atoms with Crippen LogP contribution in [0.25, 0.3) is 4.96 Å². The van der Waals surface area contributed by atoms with E-state index in [9.17, 15) is 8.42 Å². The number of aliphatic hydroxyl groups excluding tert-OH is 2. The van der Waals surface area contributed by atoms with Crippen molar-refractivity contribution in [1.82, 2.24) is 13.7 Å². The molecule has 0 aromatic carbocycles. The summed E-state index contributed by atoms with van der Waals surface area (Å²) in [5.41, 5.74) is 0. The largest absolute Gasteiger partial charge is 0.395 e. The second kappa shape index (κ2) is 5.73. The van der Waals surface area contributed by atoms with Gasteiger partial charge in [-0.2, -0.15) is 4.31 Å². The molecule has 0 unspecified atom stereocenters. The minimum Gasteiger partial charge on any atom is -0.395 e. The fourth-order valence-electron chi connectivity index (χ4n) is 1.67. The molecule has 0 bridgehead atoms. The van der Waals surface area contributed by atoms with Gasteiger partial charge in [0.25, 0.3) is 10.0 Å². The van der Waals surface area contributed by atoms with Gasteiger partial charge in [0.15, 0.2) is 15.1 Å². The van der Waals surface area contributed by atoms with Crippen LogP contribution in [0.5, 0.6) is 0 Å². The molecule has 2 rings (SSSR count). The van der Waals surface area contributed by atoms with E-state index in [1.165, 1.54) is 15.7 Å². The van der Waals surface area contributed by atoms with Gasteiger partial charge in [0.05, 0.1) is 13.2 Å². The summed E-state index contributed by atoms with van der Waals surface area (Å²) in [6.07, 6.45) is 1.56. The Bertz CT molecular complexity index is 660. The average molecular weight is 326 g/mol. The fraction of sp³-hybridized carbons (Fsp3) is 0.444. The molecule has 0 radical (unpaired) electrons. The van der Waals surface area contributed by atoms with Crippen molar-refractivity contribution in [3.05, 3.63) is 16.7 Å². The summed E-state index contributed by atoms with van der Waals surface area (Å²) in [7, 11) is -3.92. The molecule has 19 heavy (non-hydrogen) atoms. The van der Waals surface area contributed by atoms with Crippen LogP contribution in [0, 0.1) is 0 Å². The van der Waals surface area contributed by atoms with Crippen molar-refractivity contribution in [1.29, 1.82) is 0 Å². The van der Waals surface area contributed by atoms with Crippen LogP contribution in [0.15, 0.2) is 16.6 Å². The van der Waals surface area contributed by atoms with Gasteiger partial charge in [0.2, 0.25) is 0 Å². The first-order valence-corrected chi connectivity index (χ1v) is 8.05. The van der Waals surface area contributed by atoms with E-state index in [1.54, 1.807) is 11.6 Å². The van der Waals surface area contributed by atoms with Gasteiger partial charge in [-0.1, -0.05) is 11.6 Å². The van der Waals surface area contributed by atoms with Crippen LogP contribution < -0.4 is 0 Å². The van der Waals surface area contributed by atoms with Gasteiger partial charge in [-0.25, -0.2) is 13.4 Å². The molecule has 106 valence electrons. The minimum absolute atomic E-state index is 0.114. The third-order valence-electron chi connectivity index (χ3n) is 2.46. The third kappa shape index (κ3) is 2.62. The van der Waals surface area contributed by atoms with Crippen LogP contribution in [-0.4, -0.2) is 58.6 Å². The number of thiazole rings is 1. The second-order valence-electron chi connectivity index (χ2n) is 3.61. The van der Waals surface area contributed by atoms with Crippen LogP contribution in [0.2, 0.25) is 5.15 Å². The maximum absolute atomic E-state index is 12.5. The molecule has 0 aliphatic rings. The Labute approximate surface area is 118 Å². The molecular formula is C9H12ClN3O4S2. The van der Waals surface area contributed by atoms with Gasteiger partial charge in [0.1, 0.15) is 0 Å². The molecule has 10 heteroatoms. The van der Waals surface area contributed by atoms with Gasteiger partial charge in [-0.3, -0.25) is 4.40 Å². The van der Waals surface area contributed by atoms with Crippen molar-refractivity contribution in [2.45, 2.75) is 5.03 Å². The monoisotopic (exact) mass is 325 g/mol. The molecule has 0 saturated carbocycles. The molecule has 0 amide bonds. The van der Waals surface area contributed by atoms with Crippen LogP contribution in [0.3, 0.4) is 0 Å². The highest BCUT2D eigenvalue weighted by molar-refractivity contribution is 7.89. The van der Waals surface area contributed by atoms with Crippen molar-refractivity contribution in [3.63, 3.8) is 0 Å². The van der Waals surface area contributed by atoms with Crippen LogP contribution in [0.1, 0.15) is 0 Å². The van der Waals surface area contributed by atoms with E-state index in [0.717, 1.165) is 4.31 Å². The standard InChI is InChI=1S/C9H12ClN3O4S2/c10-7-8(13-3-6-18-9(13)11-7)19(16,17)12(1-4-14)2-5-15/h3,6,14-15H,1-2,4-5H2. The van der Waals surface area contributed by atoms with E-state index < -0.39 is 10.0 Å². The number of halogens is 1. The lowest BCUT2D eigenvalue weighted by Gasteiger charge is -2.19. The molecule has 0 fully saturated rings. The topological polar surface area (TPSA) is 95.1 Å². The molecule has 2 N–H and O–H groups in total. The van der Waals surface area contributed by atoms with E-state index in [1.807, 2.05) is 0 Å². The quantitative estimate of drug-likeness (QED) is 0.781. The Morgan fingerprint density at radius 2 is 2.00 bits per heavy atom. The first kappa shape index (κ1) is 14.7. The van der Waals surface area contributed by atoms with Crippen LogP contribution in [0.4, 0.5) is 0 Å². The number of nitrogens with zero attached hydrogens (tertiary/aromatic N) is 3. The fourth-order valence-corrected chi connectivity index (χ4v) is 4.50. The molecule has 0 atom stereocenters. The van der Waals surface area contributed by atoms with Crippen molar-refractivity contribution in [2.24, 2.45) is 0 Å². The Morgan fingerprint density at radius 1 is 1.37 bits per heavy atom. The zero-order valence-corrected chi connectivity index (χ0v) is 12.1. The smallest absolute Gasteiger partial charge is 0.262 e. The highest BCUT2D eigenvalue weighted by atomic mass is 35.5. The number of imidazole rings is 1. The molecular weight excluding hydrogens is 314 g/mol. The Morgan fingerprint density at radius 3 is 2.58 bits per heavy atom. The first-order chi connectivity index (χ1) is 9.02. The number of aliphatic hydroxyl groups is 2. The zero-order chi connectivity index (χ0) is 14.0. The summed E-state index contributed by atoms with van der Waals surface area (Å²) in [6.45, 7) is -0.919. The summed E-state index contributed by atoms with van der Waals surface area (Å²) in [5.74, 6) is 0. The van der Waals surface area contributed by atoms with Crippen LogP contribution in [-0.2, 0) is 10.0 Å². The number of rotatable bonds is 6. The van der Waals surface area contributed by atoms with Crippen molar-refractivity contribution < 1.29 is 18.6 Å². The van der Waals surface area contributed by atoms with Crippen molar-refractivity contribution in [3.8, 4) is 0 Å². The molecule has 2 aromatic rings. The Hall–Kier alpha value is -0.710. The number of hydrogen-bond donors (Lipinski definition) is 2. The normalized spacial score (nSPS) is 12.6. The van der Waals surface area contributed by atoms with Gasteiger partial charge >= 0.3 is 0 Å². The molecule has 2 aromatic heterocycles. The molecule has 0 saturated heterocycles. The molecule has 0 aliphatic carbocycles. The van der Waals surface area contributed by atoms with Gasteiger partial charge in [-0.05, 0) is 0 Å². The van der Waals surface area contributed by atoms with Crippen molar-refractivity contribution in [2.75, 3.05) is 26.3 Å². The number of fused-ring (bicyclic) bond motifs is 1. The summed E-state index contributed by atoms with van der Waals surface area (Å²) < 4.78 is 27.3. The van der Waals surface area contributed by atoms with E-state index in [2.05, 4.69) is 4.98 Å². The predicted molar refractivity (Wildman–Crippen MR) is 71.0 cm³/mol. The van der Waals surface area contributed by atoms with E-state index in [0.29, 0.717) is 4.96 Å². The van der Waals surface area contributed by atoms with E-state index in [4.69, 9.17) is 21.8 Å². The molecule has 7 nitrogen and oxygen atoms in total. The molecule has 0 spiro atoms. The SMILES string of the molecule is O=S(=O)(c1c(Cl)nc2sccn12)N(CCO)CCO. The highest BCUT2D eigenvalue weighted by Gasteiger charge is 2.30. The van der Waals surface area contributed by atoms with E-state index >= 15 is 0 Å². The zero-order valence-electron chi connectivity index (χ0n) is 9.73. The van der Waals surface area contributed by atoms with Crippen LogP contribution >= 0.6 is 22.9 Å². The minimum atomic E-state index is -3.92. The second-order valence-corrected chi connectivity index (χ2v) is 6.70. The summed E-state index contributed by atoms with van der Waals surface area (Å²) in [6, 6.07) is 0.